The van der Waals surface area contributed by atoms with Crippen molar-refractivity contribution < 1.29 is 14.7 Å². The van der Waals surface area contributed by atoms with Gasteiger partial charge in [-0.2, -0.15) is 0 Å². The van der Waals surface area contributed by atoms with Gasteiger partial charge >= 0.3 is 12.0 Å². The lowest BCUT2D eigenvalue weighted by atomic mass is 9.97. The van der Waals surface area contributed by atoms with Gasteiger partial charge in [-0.3, -0.25) is 10.1 Å². The van der Waals surface area contributed by atoms with Crippen LogP contribution in [0.5, 0.6) is 0 Å². The highest BCUT2D eigenvalue weighted by Crippen LogP contribution is 2.21. The van der Waals surface area contributed by atoms with Crippen molar-refractivity contribution >= 4 is 28.5 Å². The third kappa shape index (κ3) is 3.44. The third-order valence-electron chi connectivity index (χ3n) is 3.25. The second kappa shape index (κ2) is 6.01. The number of aryl methyl sites for hydroxylation is 1. The summed E-state index contributed by atoms with van der Waals surface area (Å²) >= 11 is 1.47. The number of carbonyl (C=O) groups excluding carboxylic acids is 1. The fourth-order valence-electron chi connectivity index (χ4n) is 2.03. The molecular formula is C12H17N3O3S. The van der Waals surface area contributed by atoms with Crippen LogP contribution < -0.4 is 5.32 Å². The second-order valence-electron chi connectivity index (χ2n) is 4.51. The van der Waals surface area contributed by atoms with E-state index in [1.807, 2.05) is 6.92 Å². The van der Waals surface area contributed by atoms with E-state index in [1.54, 1.807) is 11.1 Å². The summed E-state index contributed by atoms with van der Waals surface area (Å²) in [5, 5.41) is 12.3. The molecule has 2 amide bonds. The minimum Gasteiger partial charge on any atom is -0.481 e. The molecule has 6 nitrogen and oxygen atoms in total. The summed E-state index contributed by atoms with van der Waals surface area (Å²) in [4.78, 5) is 29.7. The molecule has 1 aliphatic heterocycles. The van der Waals surface area contributed by atoms with Gasteiger partial charge < -0.3 is 10.0 Å². The molecule has 0 spiro atoms. The smallest absolute Gasteiger partial charge is 0.323 e. The number of rotatable bonds is 3. The number of nitrogens with zero attached hydrogens (tertiary/aromatic N) is 2. The first kappa shape index (κ1) is 13.8. The molecule has 0 radical (unpaired) electrons. The molecule has 1 saturated heterocycles. The third-order valence-corrected chi connectivity index (χ3v) is 4.30. The Morgan fingerprint density at radius 2 is 2.21 bits per heavy atom. The van der Waals surface area contributed by atoms with Gasteiger partial charge in [-0.25, -0.2) is 9.78 Å². The fraction of sp³-hybridized carbons (Fsp3) is 0.583. The standard InChI is InChI=1S/C12H17N3O3S/c1-2-9-7-13-11(19-9)14-12(18)15-5-3-8(4-6-15)10(16)17/h7-8H,2-6H2,1H3,(H,16,17)(H,13,14,18). The lowest BCUT2D eigenvalue weighted by Crippen LogP contribution is -2.42. The van der Waals surface area contributed by atoms with E-state index < -0.39 is 5.97 Å². The number of carboxylic acid groups (broad SMARTS) is 1. The van der Waals surface area contributed by atoms with E-state index in [4.69, 9.17) is 5.11 Å². The van der Waals surface area contributed by atoms with Gasteiger partial charge in [0, 0.05) is 24.2 Å². The largest absolute Gasteiger partial charge is 0.481 e. The van der Waals surface area contributed by atoms with Crippen LogP contribution in [-0.2, 0) is 11.2 Å². The molecule has 1 aromatic heterocycles. The number of urea groups is 1. The number of aromatic nitrogens is 1. The van der Waals surface area contributed by atoms with Crippen LogP contribution in [0, 0.1) is 5.92 Å². The molecule has 2 rings (SSSR count). The quantitative estimate of drug-likeness (QED) is 0.889. The van der Waals surface area contributed by atoms with E-state index >= 15 is 0 Å². The number of hydrogen-bond donors (Lipinski definition) is 2. The summed E-state index contributed by atoms with van der Waals surface area (Å²) < 4.78 is 0. The molecule has 19 heavy (non-hydrogen) atoms. The van der Waals surface area contributed by atoms with Crippen LogP contribution in [0.25, 0.3) is 0 Å². The van der Waals surface area contributed by atoms with Crippen LogP contribution in [0.3, 0.4) is 0 Å². The van der Waals surface area contributed by atoms with Gasteiger partial charge in [0.15, 0.2) is 5.13 Å². The Labute approximate surface area is 115 Å². The van der Waals surface area contributed by atoms with E-state index in [0.29, 0.717) is 31.1 Å². The maximum Gasteiger partial charge on any atom is 0.323 e. The highest BCUT2D eigenvalue weighted by molar-refractivity contribution is 7.15. The number of piperidine rings is 1. The summed E-state index contributed by atoms with van der Waals surface area (Å²) in [5.41, 5.74) is 0. The van der Waals surface area contributed by atoms with Gasteiger partial charge in [0.05, 0.1) is 5.92 Å². The van der Waals surface area contributed by atoms with E-state index in [-0.39, 0.29) is 11.9 Å². The Morgan fingerprint density at radius 3 is 2.74 bits per heavy atom. The number of amides is 2. The monoisotopic (exact) mass is 283 g/mol. The Morgan fingerprint density at radius 1 is 1.53 bits per heavy atom. The van der Waals surface area contributed by atoms with E-state index in [9.17, 15) is 9.59 Å². The highest BCUT2D eigenvalue weighted by Gasteiger charge is 2.27. The molecule has 1 fully saturated rings. The fourth-order valence-corrected chi connectivity index (χ4v) is 2.77. The number of carbonyl (C=O) groups is 2. The minimum absolute atomic E-state index is 0.194. The van der Waals surface area contributed by atoms with Crippen LogP contribution in [0.2, 0.25) is 0 Å². The summed E-state index contributed by atoms with van der Waals surface area (Å²) in [6.45, 7) is 3.00. The van der Waals surface area contributed by atoms with Crippen molar-refractivity contribution in [1.29, 1.82) is 0 Å². The molecule has 0 atom stereocenters. The summed E-state index contributed by atoms with van der Waals surface area (Å²) in [6, 6.07) is -0.194. The van der Waals surface area contributed by atoms with Crippen LogP contribution >= 0.6 is 11.3 Å². The molecule has 0 aromatic carbocycles. The molecule has 7 heteroatoms. The van der Waals surface area contributed by atoms with Crippen LogP contribution in [0.4, 0.5) is 9.93 Å². The second-order valence-corrected chi connectivity index (χ2v) is 5.63. The normalized spacial score (nSPS) is 16.4. The van der Waals surface area contributed by atoms with Gasteiger partial charge in [-0.15, -0.1) is 11.3 Å². The first-order valence-electron chi connectivity index (χ1n) is 6.33. The zero-order valence-electron chi connectivity index (χ0n) is 10.8. The highest BCUT2D eigenvalue weighted by atomic mass is 32.1. The van der Waals surface area contributed by atoms with E-state index in [1.165, 1.54) is 11.3 Å². The number of nitrogens with one attached hydrogen (secondary N) is 1. The molecule has 0 saturated carbocycles. The number of carboxylic acids is 1. The van der Waals surface area contributed by atoms with Crippen molar-refractivity contribution in [3.05, 3.63) is 11.1 Å². The maximum absolute atomic E-state index is 12.0. The first-order chi connectivity index (χ1) is 9.10. The van der Waals surface area contributed by atoms with Gasteiger partial charge in [0.1, 0.15) is 0 Å². The summed E-state index contributed by atoms with van der Waals surface area (Å²) in [5.74, 6) is -1.09. The van der Waals surface area contributed by atoms with Gasteiger partial charge in [-0.1, -0.05) is 6.92 Å². The van der Waals surface area contributed by atoms with E-state index in [2.05, 4.69) is 10.3 Å². The van der Waals surface area contributed by atoms with Crippen molar-refractivity contribution in [2.45, 2.75) is 26.2 Å². The predicted octanol–water partition coefficient (Wildman–Crippen LogP) is 2.03. The number of likely N-dealkylation sites (tertiary alicyclic amines) is 1. The van der Waals surface area contributed by atoms with Crippen LogP contribution in [0.1, 0.15) is 24.6 Å². The Hall–Kier alpha value is -1.63. The lowest BCUT2D eigenvalue weighted by molar-refractivity contribution is -0.143. The predicted molar refractivity (Wildman–Crippen MR) is 72.4 cm³/mol. The SMILES string of the molecule is CCc1cnc(NC(=O)N2CCC(C(=O)O)CC2)s1. The molecule has 0 aliphatic carbocycles. The van der Waals surface area contributed by atoms with Crippen molar-refractivity contribution in [2.75, 3.05) is 18.4 Å². The molecule has 0 bridgehead atoms. The zero-order chi connectivity index (χ0) is 13.8. The molecule has 2 heterocycles. The maximum atomic E-state index is 12.0. The molecule has 2 N–H and O–H groups in total. The minimum atomic E-state index is -0.771. The number of thiazole rings is 1. The summed E-state index contributed by atoms with van der Waals surface area (Å²) in [6.07, 6.45) is 3.69. The molecular weight excluding hydrogens is 266 g/mol. The number of anilines is 1. The van der Waals surface area contributed by atoms with Crippen LogP contribution in [0.15, 0.2) is 6.20 Å². The average Bonchev–Trinajstić information content (AvgIpc) is 2.86. The zero-order valence-corrected chi connectivity index (χ0v) is 11.6. The lowest BCUT2D eigenvalue weighted by Gasteiger charge is -2.29. The van der Waals surface area contributed by atoms with E-state index in [0.717, 1.165) is 11.3 Å². The van der Waals surface area contributed by atoms with Gasteiger partial charge in [0.25, 0.3) is 0 Å². The van der Waals surface area contributed by atoms with Gasteiger partial charge in [0.2, 0.25) is 0 Å². The Bertz CT molecular complexity index is 467. The molecule has 1 aliphatic rings. The topological polar surface area (TPSA) is 82.5 Å². The number of aliphatic carboxylic acids is 1. The number of hydrogen-bond acceptors (Lipinski definition) is 4. The van der Waals surface area contributed by atoms with Crippen molar-refractivity contribution in [2.24, 2.45) is 5.92 Å². The van der Waals surface area contributed by atoms with Gasteiger partial charge in [-0.05, 0) is 19.3 Å². The van der Waals surface area contributed by atoms with Crippen molar-refractivity contribution in [3.63, 3.8) is 0 Å². The molecule has 104 valence electrons. The average molecular weight is 283 g/mol. The Balaban J connectivity index is 1.86. The molecule has 0 unspecified atom stereocenters. The molecule has 1 aromatic rings. The summed E-state index contributed by atoms with van der Waals surface area (Å²) in [7, 11) is 0. The van der Waals surface area contributed by atoms with Crippen molar-refractivity contribution in [3.8, 4) is 0 Å². The Kier molecular flexibility index (Phi) is 4.36. The van der Waals surface area contributed by atoms with Crippen molar-refractivity contribution in [1.82, 2.24) is 9.88 Å². The first-order valence-corrected chi connectivity index (χ1v) is 7.15. The van der Waals surface area contributed by atoms with Crippen LogP contribution in [-0.4, -0.2) is 40.1 Å².